The molecule has 0 rings (SSSR count). The second-order valence-corrected chi connectivity index (χ2v) is 5.35. The quantitative estimate of drug-likeness (QED) is 0.304. The number of hydrogen-bond acceptors (Lipinski definition) is 5. The second-order valence-electron chi connectivity index (χ2n) is 3.26. The van der Waals surface area contributed by atoms with Crippen molar-refractivity contribution in [2.45, 2.75) is 6.42 Å². The standard InChI is InChI=1S/C8H17N3O5S/c9-2-1-5-17(15,16)11(6-8(13)14)4-3-10-7-12/h7H,1-6,9H2,(H,10,12)(H,13,14). The smallest absolute Gasteiger partial charge is 0.318 e. The first kappa shape index (κ1) is 15.8. The van der Waals surface area contributed by atoms with Crippen LogP contribution in [-0.4, -0.2) is 62.1 Å². The van der Waals surface area contributed by atoms with Crippen LogP contribution in [0.1, 0.15) is 6.42 Å². The number of nitrogens with zero attached hydrogens (tertiary/aromatic N) is 1. The van der Waals surface area contributed by atoms with E-state index in [9.17, 15) is 18.0 Å². The lowest BCUT2D eigenvalue weighted by Gasteiger charge is -2.19. The van der Waals surface area contributed by atoms with Gasteiger partial charge in [-0.25, -0.2) is 8.42 Å². The van der Waals surface area contributed by atoms with E-state index in [2.05, 4.69) is 5.32 Å². The fourth-order valence-electron chi connectivity index (χ4n) is 1.11. The third-order valence-electron chi connectivity index (χ3n) is 1.90. The van der Waals surface area contributed by atoms with Crippen molar-refractivity contribution in [2.24, 2.45) is 5.73 Å². The molecule has 0 atom stereocenters. The Kier molecular flexibility index (Phi) is 7.42. The van der Waals surface area contributed by atoms with E-state index in [1.54, 1.807) is 0 Å². The van der Waals surface area contributed by atoms with Crippen molar-refractivity contribution in [1.29, 1.82) is 0 Å². The molecule has 0 aliphatic rings. The van der Waals surface area contributed by atoms with Crippen LogP contribution < -0.4 is 11.1 Å². The first-order chi connectivity index (χ1) is 7.94. The van der Waals surface area contributed by atoms with E-state index in [4.69, 9.17) is 10.8 Å². The van der Waals surface area contributed by atoms with Gasteiger partial charge in [0.25, 0.3) is 0 Å². The van der Waals surface area contributed by atoms with E-state index < -0.39 is 22.5 Å². The topological polar surface area (TPSA) is 130 Å². The number of rotatable bonds is 10. The number of sulfonamides is 1. The summed E-state index contributed by atoms with van der Waals surface area (Å²) in [6.07, 6.45) is 0.686. The molecule has 4 N–H and O–H groups in total. The number of carbonyl (C=O) groups is 2. The molecule has 0 saturated carbocycles. The number of nitrogens with two attached hydrogens (primary N) is 1. The van der Waals surface area contributed by atoms with E-state index in [1.807, 2.05) is 0 Å². The average Bonchev–Trinajstić information content (AvgIpc) is 2.25. The summed E-state index contributed by atoms with van der Waals surface area (Å²) in [5.74, 6) is -1.44. The van der Waals surface area contributed by atoms with Gasteiger partial charge in [0.2, 0.25) is 16.4 Å². The summed E-state index contributed by atoms with van der Waals surface area (Å²) in [7, 11) is -3.64. The normalized spacial score (nSPS) is 11.4. The van der Waals surface area contributed by atoms with Crippen LogP contribution >= 0.6 is 0 Å². The fraction of sp³-hybridized carbons (Fsp3) is 0.750. The summed E-state index contributed by atoms with van der Waals surface area (Å²) < 4.78 is 24.2. The molecule has 0 aliphatic heterocycles. The van der Waals surface area contributed by atoms with Gasteiger partial charge in [0, 0.05) is 13.1 Å². The molecule has 17 heavy (non-hydrogen) atoms. The molecule has 9 heteroatoms. The second kappa shape index (κ2) is 7.98. The lowest BCUT2D eigenvalue weighted by atomic mass is 10.5. The Bertz CT molecular complexity index is 343. The maximum absolute atomic E-state index is 11.7. The van der Waals surface area contributed by atoms with Crippen molar-refractivity contribution in [3.05, 3.63) is 0 Å². The Morgan fingerprint density at radius 3 is 2.59 bits per heavy atom. The summed E-state index contributed by atoms with van der Waals surface area (Å²) in [6.45, 7) is -0.406. The van der Waals surface area contributed by atoms with Crippen LogP contribution in [0.2, 0.25) is 0 Å². The summed E-state index contributed by atoms with van der Waals surface area (Å²) in [5, 5.41) is 10.9. The number of aliphatic carboxylic acids is 1. The largest absolute Gasteiger partial charge is 0.480 e. The van der Waals surface area contributed by atoms with Crippen molar-refractivity contribution >= 4 is 22.4 Å². The molecule has 0 fully saturated rings. The molecule has 100 valence electrons. The van der Waals surface area contributed by atoms with Crippen molar-refractivity contribution < 1.29 is 23.1 Å². The van der Waals surface area contributed by atoms with E-state index in [0.717, 1.165) is 4.31 Å². The molecule has 0 heterocycles. The highest BCUT2D eigenvalue weighted by Crippen LogP contribution is 2.02. The van der Waals surface area contributed by atoms with Crippen molar-refractivity contribution in [1.82, 2.24) is 9.62 Å². The Balaban J connectivity index is 4.53. The van der Waals surface area contributed by atoms with E-state index >= 15 is 0 Å². The molecule has 1 amide bonds. The number of amides is 1. The van der Waals surface area contributed by atoms with Gasteiger partial charge >= 0.3 is 5.97 Å². The van der Waals surface area contributed by atoms with E-state index in [1.165, 1.54) is 0 Å². The van der Waals surface area contributed by atoms with Gasteiger partial charge in [0.15, 0.2) is 0 Å². The van der Waals surface area contributed by atoms with Gasteiger partial charge < -0.3 is 16.2 Å². The maximum Gasteiger partial charge on any atom is 0.318 e. The fourth-order valence-corrected chi connectivity index (χ4v) is 2.58. The number of carboxylic acid groups (broad SMARTS) is 1. The highest BCUT2D eigenvalue weighted by atomic mass is 32.2. The van der Waals surface area contributed by atoms with Gasteiger partial charge in [-0.3, -0.25) is 9.59 Å². The van der Waals surface area contributed by atoms with Gasteiger partial charge in [-0.2, -0.15) is 4.31 Å². The molecule has 0 bridgehead atoms. The molecule has 0 unspecified atom stereocenters. The van der Waals surface area contributed by atoms with Gasteiger partial charge in [0.05, 0.1) is 5.75 Å². The molecule has 8 nitrogen and oxygen atoms in total. The van der Waals surface area contributed by atoms with Crippen molar-refractivity contribution in [2.75, 3.05) is 31.9 Å². The maximum atomic E-state index is 11.7. The Morgan fingerprint density at radius 2 is 2.12 bits per heavy atom. The van der Waals surface area contributed by atoms with Crippen LogP contribution in [0.25, 0.3) is 0 Å². The Hall–Kier alpha value is -1.19. The predicted octanol–water partition coefficient (Wildman–Crippen LogP) is -2.20. The molecular formula is C8H17N3O5S. The average molecular weight is 267 g/mol. The summed E-state index contributed by atoms with van der Waals surface area (Å²) >= 11 is 0. The molecule has 0 aromatic carbocycles. The van der Waals surface area contributed by atoms with Gasteiger partial charge in [-0.1, -0.05) is 0 Å². The number of nitrogens with one attached hydrogen (secondary N) is 1. The molecule has 0 aliphatic carbocycles. The summed E-state index contributed by atoms with van der Waals surface area (Å²) in [5.41, 5.74) is 5.20. The van der Waals surface area contributed by atoms with Gasteiger partial charge in [0.1, 0.15) is 6.54 Å². The molecule has 0 saturated heterocycles. The first-order valence-electron chi connectivity index (χ1n) is 5.00. The van der Waals surface area contributed by atoms with Crippen molar-refractivity contribution in [3.63, 3.8) is 0 Å². The minimum atomic E-state index is -3.64. The van der Waals surface area contributed by atoms with Crippen LogP contribution in [0, 0.1) is 0 Å². The predicted molar refractivity (Wildman–Crippen MR) is 60.7 cm³/mol. The molecule has 0 spiro atoms. The number of carbonyl (C=O) groups excluding carboxylic acids is 1. The zero-order valence-electron chi connectivity index (χ0n) is 9.33. The monoisotopic (exact) mass is 267 g/mol. The third kappa shape index (κ3) is 6.87. The van der Waals surface area contributed by atoms with Crippen LogP contribution in [-0.2, 0) is 19.6 Å². The minimum absolute atomic E-state index is 0.0681. The van der Waals surface area contributed by atoms with E-state index in [0.29, 0.717) is 6.41 Å². The lowest BCUT2D eigenvalue weighted by molar-refractivity contribution is -0.137. The third-order valence-corrected chi connectivity index (χ3v) is 3.80. The van der Waals surface area contributed by atoms with Crippen LogP contribution in [0.3, 0.4) is 0 Å². The minimum Gasteiger partial charge on any atom is -0.480 e. The van der Waals surface area contributed by atoms with Gasteiger partial charge in [-0.15, -0.1) is 0 Å². The summed E-state index contributed by atoms with van der Waals surface area (Å²) in [4.78, 5) is 20.6. The molecular weight excluding hydrogens is 250 g/mol. The highest BCUT2D eigenvalue weighted by molar-refractivity contribution is 7.89. The van der Waals surface area contributed by atoms with Crippen LogP contribution in [0.15, 0.2) is 0 Å². The van der Waals surface area contributed by atoms with E-state index in [-0.39, 0.29) is 31.8 Å². The highest BCUT2D eigenvalue weighted by Gasteiger charge is 2.23. The SMILES string of the molecule is NCCCS(=O)(=O)N(CCNC=O)CC(=O)O. The van der Waals surface area contributed by atoms with Crippen LogP contribution in [0.5, 0.6) is 0 Å². The first-order valence-corrected chi connectivity index (χ1v) is 6.61. The molecule has 0 aromatic heterocycles. The zero-order chi connectivity index (χ0) is 13.3. The van der Waals surface area contributed by atoms with Crippen molar-refractivity contribution in [3.8, 4) is 0 Å². The zero-order valence-corrected chi connectivity index (χ0v) is 10.1. The summed E-state index contributed by atoms with van der Waals surface area (Å²) in [6, 6.07) is 0. The van der Waals surface area contributed by atoms with Gasteiger partial charge in [-0.05, 0) is 13.0 Å². The Morgan fingerprint density at radius 1 is 1.47 bits per heavy atom. The van der Waals surface area contributed by atoms with Crippen LogP contribution in [0.4, 0.5) is 0 Å². The molecule has 0 aromatic rings. The Labute approximate surface area is 99.8 Å². The lowest BCUT2D eigenvalue weighted by Crippen LogP contribution is -2.41. The number of hydrogen-bond donors (Lipinski definition) is 3. The number of carboxylic acids is 1. The molecule has 0 radical (unpaired) electrons.